The van der Waals surface area contributed by atoms with E-state index < -0.39 is 0 Å². The van der Waals surface area contributed by atoms with Crippen LogP contribution in [0.2, 0.25) is 0 Å². The van der Waals surface area contributed by atoms with E-state index in [4.69, 9.17) is 0 Å². The fraction of sp³-hybridized carbons (Fsp3) is 0. The maximum atomic E-state index is 12.2. The van der Waals surface area contributed by atoms with Gasteiger partial charge in [-0.25, -0.2) is 0 Å². The van der Waals surface area contributed by atoms with Crippen LogP contribution < -0.4 is 0 Å². The highest BCUT2D eigenvalue weighted by atomic mass is 79.9. The van der Waals surface area contributed by atoms with E-state index in [1.807, 2.05) is 30.3 Å². The van der Waals surface area contributed by atoms with Crippen molar-refractivity contribution in [3.8, 4) is 0 Å². The second-order valence-electron chi connectivity index (χ2n) is 3.06. The minimum atomic E-state index is 0.0314. The van der Waals surface area contributed by atoms with Crippen molar-refractivity contribution in [1.29, 1.82) is 0 Å². The third-order valence-electron chi connectivity index (χ3n) is 1.97. The molecule has 1 nitrogen and oxygen atoms in total. The summed E-state index contributed by atoms with van der Waals surface area (Å²) in [6, 6.07) is 9.28. The second-order valence-corrected chi connectivity index (χ2v) is 7.29. The Kier molecular flexibility index (Phi) is 4.00. The van der Waals surface area contributed by atoms with Gasteiger partial charge >= 0.3 is 0 Å². The first kappa shape index (κ1) is 12.5. The number of rotatable bonds is 2. The van der Waals surface area contributed by atoms with E-state index in [-0.39, 0.29) is 5.78 Å². The fourth-order valence-electron chi connectivity index (χ4n) is 1.24. The summed E-state index contributed by atoms with van der Waals surface area (Å²) in [5.41, 5.74) is 0.670. The standard InChI is InChI=1S/C11H5Br3OS/c12-6-1-2-8(13)7(5-6)11(15)9-3-4-10(14)16-9/h1-5H. The van der Waals surface area contributed by atoms with Crippen LogP contribution in [0, 0.1) is 0 Å². The molecule has 0 fully saturated rings. The Labute approximate surface area is 122 Å². The Bertz CT molecular complexity index is 548. The molecule has 0 bridgehead atoms. The molecule has 0 amide bonds. The molecule has 2 aromatic rings. The lowest BCUT2D eigenvalue weighted by atomic mass is 10.1. The van der Waals surface area contributed by atoms with E-state index in [0.717, 1.165) is 17.6 Å². The number of hydrogen-bond acceptors (Lipinski definition) is 2. The first-order chi connectivity index (χ1) is 7.58. The predicted molar refractivity (Wildman–Crippen MR) is 77.3 cm³/mol. The summed E-state index contributed by atoms with van der Waals surface area (Å²) >= 11 is 11.5. The molecule has 0 unspecified atom stereocenters. The highest BCUT2D eigenvalue weighted by Crippen LogP contribution is 2.28. The number of ketones is 1. The SMILES string of the molecule is O=C(c1ccc(Br)s1)c1cc(Br)ccc1Br. The van der Waals surface area contributed by atoms with Crippen LogP contribution in [0.1, 0.15) is 15.2 Å². The average molecular weight is 425 g/mol. The zero-order chi connectivity index (χ0) is 11.7. The smallest absolute Gasteiger partial charge is 0.204 e. The second kappa shape index (κ2) is 5.12. The van der Waals surface area contributed by atoms with Gasteiger partial charge in [0.15, 0.2) is 0 Å². The van der Waals surface area contributed by atoms with Crippen LogP contribution in [0.5, 0.6) is 0 Å². The third-order valence-corrected chi connectivity index (χ3v) is 4.78. The van der Waals surface area contributed by atoms with E-state index in [0.29, 0.717) is 5.56 Å². The molecule has 0 aliphatic rings. The van der Waals surface area contributed by atoms with Gasteiger partial charge in [-0.1, -0.05) is 31.9 Å². The van der Waals surface area contributed by atoms with Gasteiger partial charge in [0.05, 0.1) is 8.66 Å². The van der Waals surface area contributed by atoms with Crippen LogP contribution in [-0.4, -0.2) is 5.78 Å². The summed E-state index contributed by atoms with van der Waals surface area (Å²) in [6.45, 7) is 0. The lowest BCUT2D eigenvalue weighted by Crippen LogP contribution is -1.99. The number of carbonyl (C=O) groups excluding carboxylic acids is 1. The van der Waals surface area contributed by atoms with Crippen molar-refractivity contribution in [2.45, 2.75) is 0 Å². The molecule has 0 aliphatic heterocycles. The van der Waals surface area contributed by atoms with E-state index in [9.17, 15) is 4.79 Å². The first-order valence-corrected chi connectivity index (χ1v) is 7.52. The summed E-state index contributed by atoms with van der Waals surface area (Å²) in [4.78, 5) is 12.9. The van der Waals surface area contributed by atoms with Gasteiger partial charge < -0.3 is 0 Å². The van der Waals surface area contributed by atoms with Crippen LogP contribution in [-0.2, 0) is 0 Å². The maximum absolute atomic E-state index is 12.2. The molecule has 0 saturated carbocycles. The molecule has 0 saturated heterocycles. The Morgan fingerprint density at radius 1 is 1.06 bits per heavy atom. The van der Waals surface area contributed by atoms with Crippen molar-refractivity contribution in [1.82, 2.24) is 0 Å². The van der Waals surface area contributed by atoms with Crippen molar-refractivity contribution in [2.75, 3.05) is 0 Å². The minimum absolute atomic E-state index is 0.0314. The molecule has 0 N–H and O–H groups in total. The van der Waals surface area contributed by atoms with Gasteiger partial charge in [0, 0.05) is 14.5 Å². The van der Waals surface area contributed by atoms with Crippen LogP contribution in [0.25, 0.3) is 0 Å². The molecule has 0 aliphatic carbocycles. The molecule has 0 radical (unpaired) electrons. The van der Waals surface area contributed by atoms with Crippen LogP contribution in [0.4, 0.5) is 0 Å². The van der Waals surface area contributed by atoms with E-state index in [1.165, 1.54) is 11.3 Å². The number of halogens is 3. The molecule has 5 heteroatoms. The predicted octanol–water partition coefficient (Wildman–Crippen LogP) is 5.27. The summed E-state index contributed by atoms with van der Waals surface area (Å²) in [6.07, 6.45) is 0. The maximum Gasteiger partial charge on any atom is 0.204 e. The fourth-order valence-corrected chi connectivity index (χ4v) is 3.37. The zero-order valence-electron chi connectivity index (χ0n) is 7.84. The van der Waals surface area contributed by atoms with E-state index in [1.54, 1.807) is 0 Å². The Balaban J connectivity index is 2.45. The molecule has 0 spiro atoms. The quantitative estimate of drug-likeness (QED) is 0.600. The van der Waals surface area contributed by atoms with Gasteiger partial charge in [0.2, 0.25) is 5.78 Å². The topological polar surface area (TPSA) is 17.1 Å². The number of hydrogen-bond donors (Lipinski definition) is 0. The van der Waals surface area contributed by atoms with Gasteiger partial charge in [-0.05, 0) is 46.3 Å². The molecule has 16 heavy (non-hydrogen) atoms. The Morgan fingerprint density at radius 2 is 1.81 bits per heavy atom. The largest absolute Gasteiger partial charge is 0.288 e. The number of carbonyl (C=O) groups is 1. The number of thiophene rings is 1. The molecule has 0 atom stereocenters. The highest BCUT2D eigenvalue weighted by Gasteiger charge is 2.14. The van der Waals surface area contributed by atoms with Gasteiger partial charge in [-0.3, -0.25) is 4.79 Å². The van der Waals surface area contributed by atoms with Crippen molar-refractivity contribution >= 4 is 64.9 Å². The summed E-state index contributed by atoms with van der Waals surface area (Å²) in [5, 5.41) is 0. The molecule has 1 aromatic heterocycles. The Morgan fingerprint density at radius 3 is 2.44 bits per heavy atom. The zero-order valence-corrected chi connectivity index (χ0v) is 13.4. The van der Waals surface area contributed by atoms with Crippen molar-refractivity contribution in [3.63, 3.8) is 0 Å². The van der Waals surface area contributed by atoms with Gasteiger partial charge in [-0.15, -0.1) is 11.3 Å². The van der Waals surface area contributed by atoms with Crippen LogP contribution in [0.15, 0.2) is 43.1 Å². The Hall–Kier alpha value is 0.0300. The first-order valence-electron chi connectivity index (χ1n) is 4.33. The lowest BCUT2D eigenvalue weighted by Gasteiger charge is -2.02. The van der Waals surface area contributed by atoms with Crippen LogP contribution >= 0.6 is 59.1 Å². The van der Waals surface area contributed by atoms with Gasteiger partial charge in [-0.2, -0.15) is 0 Å². The third kappa shape index (κ3) is 2.64. The highest BCUT2D eigenvalue weighted by molar-refractivity contribution is 9.11. The van der Waals surface area contributed by atoms with E-state index >= 15 is 0 Å². The molecule has 1 aromatic carbocycles. The monoisotopic (exact) mass is 422 g/mol. The van der Waals surface area contributed by atoms with Gasteiger partial charge in [0.25, 0.3) is 0 Å². The minimum Gasteiger partial charge on any atom is -0.288 e. The summed E-state index contributed by atoms with van der Waals surface area (Å²) < 4.78 is 2.67. The van der Waals surface area contributed by atoms with Crippen molar-refractivity contribution in [2.24, 2.45) is 0 Å². The normalized spacial score (nSPS) is 10.4. The molecule has 1 heterocycles. The molecular weight excluding hydrogens is 420 g/mol. The molecule has 2 rings (SSSR count). The number of benzene rings is 1. The summed E-state index contributed by atoms with van der Waals surface area (Å²) in [7, 11) is 0. The molecule has 82 valence electrons. The van der Waals surface area contributed by atoms with E-state index in [2.05, 4.69) is 47.8 Å². The molecular formula is C11H5Br3OS. The van der Waals surface area contributed by atoms with Crippen molar-refractivity contribution < 1.29 is 4.79 Å². The lowest BCUT2D eigenvalue weighted by molar-refractivity contribution is 0.104. The van der Waals surface area contributed by atoms with Crippen LogP contribution in [0.3, 0.4) is 0 Å². The van der Waals surface area contributed by atoms with Crippen molar-refractivity contribution in [3.05, 3.63) is 53.5 Å². The average Bonchev–Trinajstić information content (AvgIpc) is 2.67. The summed E-state index contributed by atoms with van der Waals surface area (Å²) in [5.74, 6) is 0.0314. The van der Waals surface area contributed by atoms with Gasteiger partial charge in [0.1, 0.15) is 0 Å².